The summed E-state index contributed by atoms with van der Waals surface area (Å²) in [7, 11) is 0. The molecule has 0 unspecified atom stereocenters. The van der Waals surface area contributed by atoms with Crippen molar-refractivity contribution in [1.29, 1.82) is 0 Å². The zero-order valence-electron chi connectivity index (χ0n) is 14.0. The Labute approximate surface area is 141 Å². The molecule has 5 nitrogen and oxygen atoms in total. The number of hydrogen-bond acceptors (Lipinski definition) is 4. The van der Waals surface area contributed by atoms with Crippen molar-refractivity contribution in [3.05, 3.63) is 40.1 Å². The first-order valence-corrected chi connectivity index (χ1v) is 8.26. The lowest BCUT2D eigenvalue weighted by Gasteiger charge is -2.20. The Balaban J connectivity index is 2.14. The van der Waals surface area contributed by atoms with Crippen molar-refractivity contribution >= 4 is 23.8 Å². The summed E-state index contributed by atoms with van der Waals surface area (Å²) in [5.74, 6) is 1.08. The van der Waals surface area contributed by atoms with Gasteiger partial charge < -0.3 is 9.73 Å². The summed E-state index contributed by atoms with van der Waals surface area (Å²) in [4.78, 5) is 12.6. The molecule has 0 saturated heterocycles. The van der Waals surface area contributed by atoms with Crippen molar-refractivity contribution in [3.8, 4) is 0 Å². The average molecular weight is 333 g/mol. The van der Waals surface area contributed by atoms with Crippen molar-refractivity contribution in [3.63, 3.8) is 0 Å². The van der Waals surface area contributed by atoms with Gasteiger partial charge in [-0.3, -0.25) is 4.79 Å². The van der Waals surface area contributed by atoms with Crippen LogP contribution in [0.4, 0.5) is 5.69 Å². The molecule has 124 valence electrons. The fourth-order valence-electron chi connectivity index (χ4n) is 2.49. The van der Waals surface area contributed by atoms with Crippen molar-refractivity contribution in [2.45, 2.75) is 52.4 Å². The number of para-hydroxylation sites is 1. The molecule has 0 fully saturated rings. The van der Waals surface area contributed by atoms with Crippen LogP contribution in [0.1, 0.15) is 63.0 Å². The SMILES string of the molecule is CC(C)c1cccc(C(C)C)c1NC(=O)CCc1n[nH]c(=S)o1. The second-order valence-electron chi connectivity index (χ2n) is 6.18. The van der Waals surface area contributed by atoms with Crippen molar-refractivity contribution in [2.24, 2.45) is 0 Å². The Hall–Kier alpha value is -1.95. The van der Waals surface area contributed by atoms with Gasteiger partial charge in [0, 0.05) is 18.5 Å². The van der Waals surface area contributed by atoms with Gasteiger partial charge in [0.05, 0.1) is 0 Å². The van der Waals surface area contributed by atoms with E-state index in [1.54, 1.807) is 0 Å². The predicted molar refractivity (Wildman–Crippen MR) is 93.3 cm³/mol. The van der Waals surface area contributed by atoms with E-state index in [2.05, 4.69) is 55.3 Å². The van der Waals surface area contributed by atoms with E-state index in [4.69, 9.17) is 16.6 Å². The van der Waals surface area contributed by atoms with Gasteiger partial charge in [-0.15, -0.1) is 5.10 Å². The molecule has 1 aromatic carbocycles. The highest BCUT2D eigenvalue weighted by Gasteiger charge is 2.16. The highest BCUT2D eigenvalue weighted by molar-refractivity contribution is 7.71. The summed E-state index contributed by atoms with van der Waals surface area (Å²) >= 11 is 4.82. The summed E-state index contributed by atoms with van der Waals surface area (Å²) in [6, 6.07) is 6.19. The normalized spacial score (nSPS) is 11.2. The molecule has 0 aliphatic rings. The molecular formula is C17H23N3O2S. The largest absolute Gasteiger partial charge is 0.414 e. The maximum atomic E-state index is 12.3. The number of aromatic amines is 1. The van der Waals surface area contributed by atoms with Crippen LogP contribution in [0.15, 0.2) is 22.6 Å². The van der Waals surface area contributed by atoms with Crippen LogP contribution in [0.25, 0.3) is 0 Å². The van der Waals surface area contributed by atoms with Crippen LogP contribution in [0, 0.1) is 4.84 Å². The van der Waals surface area contributed by atoms with Gasteiger partial charge in [0.2, 0.25) is 11.8 Å². The number of benzene rings is 1. The van der Waals surface area contributed by atoms with E-state index in [0.717, 1.165) is 16.8 Å². The van der Waals surface area contributed by atoms with Gasteiger partial charge in [-0.1, -0.05) is 45.9 Å². The van der Waals surface area contributed by atoms with E-state index in [9.17, 15) is 4.79 Å². The first kappa shape index (κ1) is 17.4. The molecule has 1 amide bonds. The third-order valence-electron chi connectivity index (χ3n) is 3.69. The molecule has 2 aromatic rings. The number of rotatable bonds is 6. The Kier molecular flexibility index (Phi) is 5.71. The predicted octanol–water partition coefficient (Wildman–Crippen LogP) is 4.55. The molecule has 0 radical (unpaired) electrons. The highest BCUT2D eigenvalue weighted by atomic mass is 32.1. The summed E-state index contributed by atoms with van der Waals surface area (Å²) in [5.41, 5.74) is 3.24. The Bertz CT molecular complexity index is 705. The van der Waals surface area contributed by atoms with E-state index in [1.807, 2.05) is 6.07 Å². The molecule has 0 spiro atoms. The Morgan fingerprint density at radius 1 is 1.26 bits per heavy atom. The van der Waals surface area contributed by atoms with Crippen molar-refractivity contribution in [2.75, 3.05) is 5.32 Å². The summed E-state index contributed by atoms with van der Waals surface area (Å²) in [5, 5.41) is 9.54. The van der Waals surface area contributed by atoms with Crippen LogP contribution in [-0.2, 0) is 11.2 Å². The molecule has 6 heteroatoms. The van der Waals surface area contributed by atoms with Crippen molar-refractivity contribution in [1.82, 2.24) is 10.2 Å². The first-order valence-electron chi connectivity index (χ1n) is 7.85. The summed E-state index contributed by atoms with van der Waals surface area (Å²) in [6.45, 7) is 8.51. The van der Waals surface area contributed by atoms with E-state index in [-0.39, 0.29) is 10.7 Å². The number of anilines is 1. The Morgan fingerprint density at radius 2 is 1.87 bits per heavy atom. The number of amides is 1. The van der Waals surface area contributed by atoms with Crippen molar-refractivity contribution < 1.29 is 9.21 Å². The van der Waals surface area contributed by atoms with Crippen LogP contribution in [0.5, 0.6) is 0 Å². The van der Waals surface area contributed by atoms with Crippen LogP contribution in [-0.4, -0.2) is 16.1 Å². The lowest BCUT2D eigenvalue weighted by molar-refractivity contribution is -0.116. The molecule has 1 aromatic heterocycles. The topological polar surface area (TPSA) is 70.9 Å². The lowest BCUT2D eigenvalue weighted by atomic mass is 9.92. The van der Waals surface area contributed by atoms with Gasteiger partial charge in [-0.2, -0.15) is 0 Å². The molecular weight excluding hydrogens is 310 g/mol. The first-order chi connectivity index (χ1) is 10.9. The third-order valence-corrected chi connectivity index (χ3v) is 3.86. The minimum atomic E-state index is -0.0517. The highest BCUT2D eigenvalue weighted by Crippen LogP contribution is 2.32. The number of aromatic nitrogens is 2. The summed E-state index contributed by atoms with van der Waals surface area (Å²) < 4.78 is 5.18. The third kappa shape index (κ3) is 4.51. The number of aryl methyl sites for hydroxylation is 1. The lowest BCUT2D eigenvalue weighted by Crippen LogP contribution is -2.16. The number of hydrogen-bond donors (Lipinski definition) is 2. The number of carbonyl (C=O) groups excluding carboxylic acids is 1. The van der Waals surface area contributed by atoms with Gasteiger partial charge in [0.25, 0.3) is 4.84 Å². The van der Waals surface area contributed by atoms with E-state index >= 15 is 0 Å². The molecule has 0 atom stereocenters. The standard InChI is InChI=1S/C17H23N3O2S/c1-10(2)12-6-5-7-13(11(3)4)16(12)18-14(21)8-9-15-19-20-17(23)22-15/h5-7,10-11H,8-9H2,1-4H3,(H,18,21)(H,20,23). The maximum absolute atomic E-state index is 12.3. The summed E-state index contributed by atoms with van der Waals surface area (Å²) in [6.07, 6.45) is 0.715. The monoisotopic (exact) mass is 333 g/mol. The van der Waals surface area contributed by atoms with E-state index in [1.165, 1.54) is 0 Å². The van der Waals surface area contributed by atoms with Gasteiger partial charge in [0.15, 0.2) is 0 Å². The number of carbonyl (C=O) groups is 1. The van der Waals surface area contributed by atoms with Gasteiger partial charge >= 0.3 is 0 Å². The molecule has 1 heterocycles. The van der Waals surface area contributed by atoms with E-state index < -0.39 is 0 Å². The van der Waals surface area contributed by atoms with Crippen LogP contribution in [0.2, 0.25) is 0 Å². The van der Waals surface area contributed by atoms with Crippen LogP contribution < -0.4 is 5.32 Å². The van der Waals surface area contributed by atoms with Gasteiger partial charge in [0.1, 0.15) is 0 Å². The smallest absolute Gasteiger partial charge is 0.284 e. The van der Waals surface area contributed by atoms with Crippen LogP contribution in [0.3, 0.4) is 0 Å². The zero-order valence-corrected chi connectivity index (χ0v) is 14.8. The molecule has 0 saturated carbocycles. The number of nitrogens with one attached hydrogen (secondary N) is 2. The minimum absolute atomic E-state index is 0.0517. The number of nitrogens with zero attached hydrogens (tertiary/aromatic N) is 1. The zero-order chi connectivity index (χ0) is 17.0. The van der Waals surface area contributed by atoms with Crippen LogP contribution >= 0.6 is 12.2 Å². The Morgan fingerprint density at radius 3 is 2.35 bits per heavy atom. The fraction of sp³-hybridized carbons (Fsp3) is 0.471. The average Bonchev–Trinajstić information content (AvgIpc) is 2.90. The minimum Gasteiger partial charge on any atom is -0.414 e. The number of H-pyrrole nitrogens is 1. The quantitative estimate of drug-likeness (QED) is 0.761. The van der Waals surface area contributed by atoms with Gasteiger partial charge in [-0.05, 0) is 35.2 Å². The fourth-order valence-corrected chi connectivity index (χ4v) is 2.63. The second kappa shape index (κ2) is 7.55. The molecule has 23 heavy (non-hydrogen) atoms. The molecule has 0 aliphatic heterocycles. The maximum Gasteiger partial charge on any atom is 0.284 e. The molecule has 2 N–H and O–H groups in total. The van der Waals surface area contributed by atoms with E-state index in [0.29, 0.717) is 30.6 Å². The van der Waals surface area contributed by atoms with Gasteiger partial charge in [-0.25, -0.2) is 5.10 Å². The molecule has 0 bridgehead atoms. The molecule has 0 aliphatic carbocycles. The molecule has 2 rings (SSSR count). The second-order valence-corrected chi connectivity index (χ2v) is 6.55.